The average molecular weight is 324 g/mol. The molecule has 2 N–H and O–H groups in total. The van der Waals surface area contributed by atoms with Crippen molar-refractivity contribution in [1.29, 1.82) is 0 Å². The Hall–Kier alpha value is -1.59. The van der Waals surface area contributed by atoms with E-state index in [1.54, 1.807) is 6.20 Å². The Morgan fingerprint density at radius 2 is 2.24 bits per heavy atom. The van der Waals surface area contributed by atoms with Gasteiger partial charge in [0.2, 0.25) is 0 Å². The van der Waals surface area contributed by atoms with E-state index in [2.05, 4.69) is 15.6 Å². The largest absolute Gasteiger partial charge is 0.385 e. The van der Waals surface area contributed by atoms with E-state index in [1.807, 2.05) is 32.0 Å². The minimum Gasteiger partial charge on any atom is -0.385 e. The molecule has 0 atom stereocenters. The fraction of sp³-hybridized carbons (Fsp3) is 0.333. The lowest BCUT2D eigenvalue weighted by atomic mass is 10.2. The molecule has 21 heavy (non-hydrogen) atoms. The van der Waals surface area contributed by atoms with E-state index < -0.39 is 0 Å². The number of pyridine rings is 1. The molecule has 2 aromatic heterocycles. The molecule has 0 aliphatic carbocycles. The quantitative estimate of drug-likeness (QED) is 0.855. The predicted molar refractivity (Wildman–Crippen MR) is 88.5 cm³/mol. The van der Waals surface area contributed by atoms with E-state index in [4.69, 9.17) is 11.6 Å². The van der Waals surface area contributed by atoms with Crippen molar-refractivity contribution in [2.24, 2.45) is 0 Å². The van der Waals surface area contributed by atoms with Crippen molar-refractivity contribution in [1.82, 2.24) is 10.3 Å². The third-order valence-electron chi connectivity index (χ3n) is 2.94. The monoisotopic (exact) mass is 323 g/mol. The molecule has 0 aromatic carbocycles. The van der Waals surface area contributed by atoms with E-state index >= 15 is 0 Å². The number of hydrogen-bond donors (Lipinski definition) is 2. The van der Waals surface area contributed by atoms with E-state index in [1.165, 1.54) is 11.3 Å². The zero-order valence-corrected chi connectivity index (χ0v) is 13.6. The summed E-state index contributed by atoms with van der Waals surface area (Å²) in [6.45, 7) is 5.24. The van der Waals surface area contributed by atoms with Crippen molar-refractivity contribution in [2.45, 2.75) is 20.3 Å². The standard InChI is InChI=1S/C15H18ClN3OS/c1-3-17-13-8-10(2)19-9-12(13)15(20)18-7-6-11-4-5-14(16)21-11/h4-5,8-9H,3,6-7H2,1-2H3,(H,17,19)(H,18,20). The Labute approximate surface area is 133 Å². The fourth-order valence-electron chi connectivity index (χ4n) is 1.96. The Bertz CT molecular complexity index is 627. The first kappa shape index (κ1) is 15.8. The van der Waals surface area contributed by atoms with Crippen LogP contribution in [0, 0.1) is 6.92 Å². The predicted octanol–water partition coefficient (Wildman–Crippen LogP) is 3.51. The number of aromatic nitrogens is 1. The maximum Gasteiger partial charge on any atom is 0.254 e. The van der Waals surface area contributed by atoms with Gasteiger partial charge >= 0.3 is 0 Å². The maximum absolute atomic E-state index is 12.2. The Morgan fingerprint density at radius 3 is 2.90 bits per heavy atom. The molecule has 0 fully saturated rings. The van der Waals surface area contributed by atoms with Crippen LogP contribution in [0.2, 0.25) is 4.34 Å². The highest BCUT2D eigenvalue weighted by molar-refractivity contribution is 7.16. The average Bonchev–Trinajstić information content (AvgIpc) is 2.85. The third kappa shape index (κ3) is 4.44. The number of nitrogens with one attached hydrogen (secondary N) is 2. The summed E-state index contributed by atoms with van der Waals surface area (Å²) in [5.41, 5.74) is 2.28. The third-order valence-corrected chi connectivity index (χ3v) is 4.23. The van der Waals surface area contributed by atoms with Gasteiger partial charge < -0.3 is 10.6 Å². The van der Waals surface area contributed by atoms with E-state index in [-0.39, 0.29) is 5.91 Å². The summed E-state index contributed by atoms with van der Waals surface area (Å²) in [5.74, 6) is -0.110. The van der Waals surface area contributed by atoms with Gasteiger partial charge in [-0.3, -0.25) is 9.78 Å². The van der Waals surface area contributed by atoms with Gasteiger partial charge in [0.25, 0.3) is 5.91 Å². The first-order valence-corrected chi connectivity index (χ1v) is 8.02. The number of rotatable bonds is 6. The molecule has 0 bridgehead atoms. The zero-order chi connectivity index (χ0) is 15.2. The van der Waals surface area contributed by atoms with Crippen LogP contribution in [-0.2, 0) is 6.42 Å². The normalized spacial score (nSPS) is 10.4. The first-order chi connectivity index (χ1) is 10.1. The van der Waals surface area contributed by atoms with Crippen molar-refractivity contribution in [3.63, 3.8) is 0 Å². The molecule has 0 aliphatic rings. The highest BCUT2D eigenvalue weighted by Gasteiger charge is 2.11. The molecule has 0 radical (unpaired) electrons. The molecule has 0 saturated carbocycles. The molecule has 4 nitrogen and oxygen atoms in total. The molecule has 0 aliphatic heterocycles. The zero-order valence-electron chi connectivity index (χ0n) is 12.1. The summed E-state index contributed by atoms with van der Waals surface area (Å²) in [6.07, 6.45) is 2.39. The summed E-state index contributed by atoms with van der Waals surface area (Å²) in [6, 6.07) is 5.74. The highest BCUT2D eigenvalue weighted by Crippen LogP contribution is 2.21. The van der Waals surface area contributed by atoms with Gasteiger partial charge in [0.1, 0.15) is 0 Å². The molecule has 2 aromatic rings. The smallest absolute Gasteiger partial charge is 0.254 e. The summed E-state index contributed by atoms with van der Waals surface area (Å²) in [7, 11) is 0. The molecule has 112 valence electrons. The van der Waals surface area contributed by atoms with Crippen LogP contribution in [-0.4, -0.2) is 24.0 Å². The minimum atomic E-state index is -0.110. The van der Waals surface area contributed by atoms with Gasteiger partial charge in [0.05, 0.1) is 15.6 Å². The van der Waals surface area contributed by atoms with Crippen LogP contribution >= 0.6 is 22.9 Å². The number of amides is 1. The molecular weight excluding hydrogens is 306 g/mol. The van der Waals surface area contributed by atoms with Crippen molar-refractivity contribution in [3.8, 4) is 0 Å². The first-order valence-electron chi connectivity index (χ1n) is 6.83. The topological polar surface area (TPSA) is 54.0 Å². The van der Waals surface area contributed by atoms with Crippen molar-refractivity contribution in [3.05, 3.63) is 44.9 Å². The van der Waals surface area contributed by atoms with Gasteiger partial charge in [-0.15, -0.1) is 11.3 Å². The van der Waals surface area contributed by atoms with E-state index in [9.17, 15) is 4.79 Å². The number of halogens is 1. The van der Waals surface area contributed by atoms with E-state index in [0.717, 1.165) is 33.6 Å². The minimum absolute atomic E-state index is 0.110. The van der Waals surface area contributed by atoms with Gasteiger partial charge in [-0.05, 0) is 38.5 Å². The lowest BCUT2D eigenvalue weighted by molar-refractivity contribution is 0.0954. The van der Waals surface area contributed by atoms with Crippen LogP contribution in [0.5, 0.6) is 0 Å². The van der Waals surface area contributed by atoms with Crippen LogP contribution in [0.1, 0.15) is 27.9 Å². The maximum atomic E-state index is 12.2. The number of thiophene rings is 1. The Morgan fingerprint density at radius 1 is 1.43 bits per heavy atom. The molecule has 6 heteroatoms. The lowest BCUT2D eigenvalue weighted by Crippen LogP contribution is -2.26. The van der Waals surface area contributed by atoms with Crippen LogP contribution < -0.4 is 10.6 Å². The Balaban J connectivity index is 1.96. The van der Waals surface area contributed by atoms with Crippen LogP contribution in [0.25, 0.3) is 0 Å². The lowest BCUT2D eigenvalue weighted by Gasteiger charge is -2.11. The van der Waals surface area contributed by atoms with Crippen LogP contribution in [0.15, 0.2) is 24.4 Å². The van der Waals surface area contributed by atoms with Gasteiger partial charge in [-0.2, -0.15) is 0 Å². The molecule has 2 heterocycles. The number of anilines is 1. The second kappa shape index (κ2) is 7.43. The van der Waals surface area contributed by atoms with Gasteiger partial charge in [-0.1, -0.05) is 11.6 Å². The number of carbonyl (C=O) groups is 1. The molecule has 1 amide bonds. The van der Waals surface area contributed by atoms with Gasteiger partial charge in [0.15, 0.2) is 0 Å². The SMILES string of the molecule is CCNc1cc(C)ncc1C(=O)NCCc1ccc(Cl)s1. The summed E-state index contributed by atoms with van der Waals surface area (Å²) >= 11 is 7.42. The second-order valence-electron chi connectivity index (χ2n) is 4.61. The fourth-order valence-corrected chi connectivity index (χ4v) is 3.05. The number of nitrogens with zero attached hydrogens (tertiary/aromatic N) is 1. The molecular formula is C15H18ClN3OS. The molecule has 2 rings (SSSR count). The summed E-state index contributed by atoms with van der Waals surface area (Å²) in [5, 5.41) is 6.11. The van der Waals surface area contributed by atoms with Gasteiger partial charge in [0, 0.05) is 29.9 Å². The Kier molecular flexibility index (Phi) is 5.59. The molecule has 0 unspecified atom stereocenters. The second-order valence-corrected chi connectivity index (χ2v) is 6.41. The molecule has 0 saturated heterocycles. The van der Waals surface area contributed by atoms with Crippen LogP contribution in [0.4, 0.5) is 5.69 Å². The van der Waals surface area contributed by atoms with Gasteiger partial charge in [-0.25, -0.2) is 0 Å². The number of hydrogen-bond acceptors (Lipinski definition) is 4. The highest BCUT2D eigenvalue weighted by atomic mass is 35.5. The molecule has 0 spiro atoms. The van der Waals surface area contributed by atoms with E-state index in [0.29, 0.717) is 12.1 Å². The summed E-state index contributed by atoms with van der Waals surface area (Å²) in [4.78, 5) is 17.6. The van der Waals surface area contributed by atoms with Crippen molar-refractivity contribution >= 4 is 34.5 Å². The van der Waals surface area contributed by atoms with Crippen LogP contribution in [0.3, 0.4) is 0 Å². The number of aryl methyl sites for hydroxylation is 1. The van der Waals surface area contributed by atoms with Crippen molar-refractivity contribution in [2.75, 3.05) is 18.4 Å². The number of carbonyl (C=O) groups excluding carboxylic acids is 1. The summed E-state index contributed by atoms with van der Waals surface area (Å²) < 4.78 is 0.772. The van der Waals surface area contributed by atoms with Crippen molar-refractivity contribution < 1.29 is 4.79 Å².